The van der Waals surface area contributed by atoms with Crippen molar-refractivity contribution in [3.05, 3.63) is 69.9 Å². The molecular weight excluding hydrogens is 423 g/mol. The number of carbonyl (C=O) groups is 2. The van der Waals surface area contributed by atoms with Gasteiger partial charge in [-0.15, -0.1) is 0 Å². The summed E-state index contributed by atoms with van der Waals surface area (Å²) < 4.78 is 14.7. The molecule has 0 spiro atoms. The molecule has 1 aliphatic heterocycles. The number of piperidine rings is 1. The Balaban J connectivity index is 1.49. The molecule has 2 aromatic carbocycles. The van der Waals surface area contributed by atoms with Crippen LogP contribution in [0.3, 0.4) is 0 Å². The third-order valence-corrected chi connectivity index (χ3v) is 5.65. The maximum absolute atomic E-state index is 13.8. The lowest BCUT2D eigenvalue weighted by Crippen LogP contribution is -2.45. The fraction of sp³-hybridized carbons (Fsp3) is 0.364. The van der Waals surface area contributed by atoms with E-state index in [4.69, 9.17) is 0 Å². The Kier molecular flexibility index (Phi) is 6.83. The zero-order valence-electron chi connectivity index (χ0n) is 15.8. The van der Waals surface area contributed by atoms with Crippen LogP contribution in [0.15, 0.2) is 53.0 Å². The quantitative estimate of drug-likeness (QED) is 0.748. The molecule has 1 fully saturated rings. The highest BCUT2D eigenvalue weighted by atomic mass is 79.9. The van der Waals surface area contributed by atoms with E-state index in [0.717, 1.165) is 4.47 Å². The summed E-state index contributed by atoms with van der Waals surface area (Å²) in [6.45, 7) is 3.01. The van der Waals surface area contributed by atoms with Crippen LogP contribution in [0.2, 0.25) is 0 Å². The summed E-state index contributed by atoms with van der Waals surface area (Å²) in [6, 6.07) is 13.8. The van der Waals surface area contributed by atoms with Crippen LogP contribution in [0.25, 0.3) is 0 Å². The van der Waals surface area contributed by atoms with Gasteiger partial charge in [0.15, 0.2) is 0 Å². The number of nitrogens with one attached hydrogen (secondary N) is 1. The summed E-state index contributed by atoms with van der Waals surface area (Å²) >= 11 is 3.37. The number of amides is 2. The summed E-state index contributed by atoms with van der Waals surface area (Å²) in [7, 11) is 0. The lowest BCUT2D eigenvalue weighted by Gasteiger charge is -2.32. The number of benzene rings is 2. The minimum atomic E-state index is -0.247. The van der Waals surface area contributed by atoms with E-state index in [-0.39, 0.29) is 29.6 Å². The molecule has 0 aromatic heterocycles. The number of halogens is 2. The Morgan fingerprint density at radius 2 is 1.79 bits per heavy atom. The SMILES string of the molecule is CC(Cc1ccccc1F)NC(=O)C1CCN(C(=O)c2ccc(Br)cc2)CC1. The van der Waals surface area contributed by atoms with E-state index in [9.17, 15) is 14.0 Å². The Morgan fingerprint density at radius 1 is 1.14 bits per heavy atom. The van der Waals surface area contributed by atoms with Gasteiger partial charge in [0, 0.05) is 35.1 Å². The van der Waals surface area contributed by atoms with Crippen molar-refractivity contribution in [1.82, 2.24) is 10.2 Å². The first-order valence-corrected chi connectivity index (χ1v) is 10.3. The van der Waals surface area contributed by atoms with Crippen LogP contribution in [-0.4, -0.2) is 35.8 Å². The zero-order chi connectivity index (χ0) is 20.1. The number of hydrogen-bond acceptors (Lipinski definition) is 2. The summed E-state index contributed by atoms with van der Waals surface area (Å²) in [5.74, 6) is -0.376. The van der Waals surface area contributed by atoms with Gasteiger partial charge in [0.2, 0.25) is 5.91 Å². The number of hydrogen-bond donors (Lipinski definition) is 1. The average molecular weight is 447 g/mol. The van der Waals surface area contributed by atoms with Crippen molar-refractivity contribution < 1.29 is 14.0 Å². The Hall–Kier alpha value is -2.21. The fourth-order valence-electron chi connectivity index (χ4n) is 3.53. The van der Waals surface area contributed by atoms with E-state index in [1.807, 2.05) is 19.1 Å². The van der Waals surface area contributed by atoms with Gasteiger partial charge in [-0.25, -0.2) is 4.39 Å². The monoisotopic (exact) mass is 446 g/mol. The van der Waals surface area contributed by atoms with E-state index in [1.54, 1.807) is 35.2 Å². The van der Waals surface area contributed by atoms with Gasteiger partial charge >= 0.3 is 0 Å². The molecule has 0 saturated carbocycles. The molecule has 6 heteroatoms. The first kappa shape index (κ1) is 20.5. The minimum absolute atomic E-state index is 0.000668. The van der Waals surface area contributed by atoms with Gasteiger partial charge in [-0.05, 0) is 62.1 Å². The largest absolute Gasteiger partial charge is 0.353 e. The highest BCUT2D eigenvalue weighted by molar-refractivity contribution is 9.10. The minimum Gasteiger partial charge on any atom is -0.353 e. The normalized spacial score (nSPS) is 15.9. The molecule has 0 radical (unpaired) electrons. The van der Waals surface area contributed by atoms with Gasteiger partial charge in [-0.3, -0.25) is 9.59 Å². The molecule has 1 unspecified atom stereocenters. The van der Waals surface area contributed by atoms with E-state index >= 15 is 0 Å². The second-order valence-corrected chi connectivity index (χ2v) is 8.19. The van der Waals surface area contributed by atoms with Gasteiger partial charge < -0.3 is 10.2 Å². The second kappa shape index (κ2) is 9.32. The highest BCUT2D eigenvalue weighted by Gasteiger charge is 2.28. The topological polar surface area (TPSA) is 49.4 Å². The van der Waals surface area contributed by atoms with Gasteiger partial charge in [0.1, 0.15) is 5.82 Å². The molecule has 1 heterocycles. The maximum atomic E-state index is 13.8. The Bertz CT molecular complexity index is 833. The number of nitrogens with zero attached hydrogens (tertiary/aromatic N) is 1. The smallest absolute Gasteiger partial charge is 0.253 e. The molecule has 1 saturated heterocycles. The highest BCUT2D eigenvalue weighted by Crippen LogP contribution is 2.21. The molecule has 2 aromatic rings. The lowest BCUT2D eigenvalue weighted by atomic mass is 9.94. The molecule has 148 valence electrons. The second-order valence-electron chi connectivity index (χ2n) is 7.28. The molecule has 28 heavy (non-hydrogen) atoms. The van der Waals surface area contributed by atoms with Crippen LogP contribution in [-0.2, 0) is 11.2 Å². The van der Waals surface area contributed by atoms with Crippen molar-refractivity contribution in [2.75, 3.05) is 13.1 Å². The molecule has 4 nitrogen and oxygen atoms in total. The van der Waals surface area contributed by atoms with Crippen LogP contribution in [0.4, 0.5) is 4.39 Å². The van der Waals surface area contributed by atoms with Crippen molar-refractivity contribution in [2.24, 2.45) is 5.92 Å². The van der Waals surface area contributed by atoms with E-state index in [0.29, 0.717) is 43.5 Å². The van der Waals surface area contributed by atoms with Crippen LogP contribution >= 0.6 is 15.9 Å². The molecular formula is C22H24BrFN2O2. The Morgan fingerprint density at radius 3 is 2.43 bits per heavy atom. The third kappa shape index (κ3) is 5.19. The molecule has 3 rings (SSSR count). The van der Waals surface area contributed by atoms with Gasteiger partial charge in [-0.1, -0.05) is 34.1 Å². The first-order valence-electron chi connectivity index (χ1n) is 9.52. The van der Waals surface area contributed by atoms with Crippen molar-refractivity contribution in [2.45, 2.75) is 32.2 Å². The van der Waals surface area contributed by atoms with Crippen molar-refractivity contribution in [3.8, 4) is 0 Å². The molecule has 1 N–H and O–H groups in total. The van der Waals surface area contributed by atoms with Gasteiger partial charge in [0.25, 0.3) is 5.91 Å². The van der Waals surface area contributed by atoms with Gasteiger partial charge in [0.05, 0.1) is 0 Å². The van der Waals surface area contributed by atoms with Crippen LogP contribution in [0.5, 0.6) is 0 Å². The van der Waals surface area contributed by atoms with Crippen molar-refractivity contribution in [3.63, 3.8) is 0 Å². The molecule has 0 bridgehead atoms. The number of likely N-dealkylation sites (tertiary alicyclic amines) is 1. The lowest BCUT2D eigenvalue weighted by molar-refractivity contribution is -0.126. The van der Waals surface area contributed by atoms with Crippen LogP contribution in [0, 0.1) is 11.7 Å². The predicted octanol–water partition coefficient (Wildman–Crippen LogP) is 4.19. The van der Waals surface area contributed by atoms with Gasteiger partial charge in [-0.2, -0.15) is 0 Å². The summed E-state index contributed by atoms with van der Waals surface area (Å²) in [5, 5.41) is 2.99. The average Bonchev–Trinajstić information content (AvgIpc) is 2.70. The van der Waals surface area contributed by atoms with E-state index < -0.39 is 0 Å². The van der Waals surface area contributed by atoms with Crippen LogP contribution < -0.4 is 5.32 Å². The van der Waals surface area contributed by atoms with Crippen molar-refractivity contribution in [1.29, 1.82) is 0 Å². The zero-order valence-corrected chi connectivity index (χ0v) is 17.4. The fourth-order valence-corrected chi connectivity index (χ4v) is 3.79. The van der Waals surface area contributed by atoms with E-state index in [2.05, 4.69) is 21.2 Å². The number of carbonyl (C=O) groups excluding carboxylic acids is 2. The first-order chi connectivity index (χ1) is 13.4. The van der Waals surface area contributed by atoms with Crippen molar-refractivity contribution >= 4 is 27.7 Å². The standard InChI is InChI=1S/C22H24BrFN2O2/c1-15(14-18-4-2-3-5-20(18)24)25-21(27)16-10-12-26(13-11-16)22(28)17-6-8-19(23)9-7-17/h2-9,15-16H,10-14H2,1H3,(H,25,27). The Labute approximate surface area is 173 Å². The molecule has 0 aliphatic carbocycles. The molecule has 2 amide bonds. The molecule has 1 atom stereocenters. The predicted molar refractivity (Wildman–Crippen MR) is 110 cm³/mol. The summed E-state index contributed by atoms with van der Waals surface area (Å²) in [5.41, 5.74) is 1.26. The maximum Gasteiger partial charge on any atom is 0.253 e. The van der Waals surface area contributed by atoms with Crippen LogP contribution in [0.1, 0.15) is 35.7 Å². The molecule has 1 aliphatic rings. The summed E-state index contributed by atoms with van der Waals surface area (Å²) in [6.07, 6.45) is 1.74. The third-order valence-electron chi connectivity index (χ3n) is 5.12. The van der Waals surface area contributed by atoms with E-state index in [1.165, 1.54) is 6.07 Å². The number of rotatable bonds is 5. The summed E-state index contributed by atoms with van der Waals surface area (Å²) in [4.78, 5) is 26.9.